The number of rotatable bonds is 4. The van der Waals surface area contributed by atoms with Gasteiger partial charge in [-0.3, -0.25) is 0 Å². The lowest BCUT2D eigenvalue weighted by molar-refractivity contribution is 1.58. The minimum absolute atomic E-state index is 1.22. The van der Waals surface area contributed by atoms with E-state index in [1.54, 1.807) is 0 Å². The Balaban J connectivity index is 1.22. The van der Waals surface area contributed by atoms with Gasteiger partial charge in [-0.1, -0.05) is 133 Å². The zero-order valence-electron chi connectivity index (χ0n) is 25.3. The molecule has 0 unspecified atom stereocenters. The molecule has 0 saturated carbocycles. The van der Waals surface area contributed by atoms with Crippen LogP contribution in [0.1, 0.15) is 0 Å². The van der Waals surface area contributed by atoms with Crippen LogP contribution in [0.3, 0.4) is 0 Å². The molecule has 0 heteroatoms. The SMILES string of the molecule is c1ccc(-c2ccc(-c3cc4cc5cc6cc7ccccc7cc6cc5cc4cc3-c3ccc(-c4ccccc4)cc3)cc2)cc1. The summed E-state index contributed by atoms with van der Waals surface area (Å²) in [6.45, 7) is 0. The lowest BCUT2D eigenvalue weighted by Gasteiger charge is -2.15. The monoisotopic (exact) mass is 582 g/mol. The molecule has 0 aromatic heterocycles. The van der Waals surface area contributed by atoms with Crippen LogP contribution >= 0.6 is 0 Å². The van der Waals surface area contributed by atoms with Crippen molar-refractivity contribution in [2.24, 2.45) is 0 Å². The van der Waals surface area contributed by atoms with Crippen LogP contribution in [0, 0.1) is 0 Å². The number of hydrogen-bond acceptors (Lipinski definition) is 0. The van der Waals surface area contributed by atoms with Gasteiger partial charge in [-0.05, 0) is 136 Å². The lowest BCUT2D eigenvalue weighted by atomic mass is 9.89. The van der Waals surface area contributed by atoms with E-state index in [2.05, 4.69) is 182 Å². The maximum Gasteiger partial charge on any atom is -0.00990 e. The zero-order chi connectivity index (χ0) is 30.5. The van der Waals surface area contributed by atoms with Gasteiger partial charge in [0.25, 0.3) is 0 Å². The van der Waals surface area contributed by atoms with E-state index < -0.39 is 0 Å². The first-order valence-electron chi connectivity index (χ1n) is 15.9. The van der Waals surface area contributed by atoms with Crippen molar-refractivity contribution in [3.63, 3.8) is 0 Å². The van der Waals surface area contributed by atoms with Crippen LogP contribution in [-0.4, -0.2) is 0 Å². The van der Waals surface area contributed by atoms with E-state index in [0.717, 1.165) is 0 Å². The molecule has 0 N–H and O–H groups in total. The number of benzene rings is 9. The quantitative estimate of drug-likeness (QED) is 0.181. The molecule has 0 radical (unpaired) electrons. The van der Waals surface area contributed by atoms with Crippen LogP contribution in [0.2, 0.25) is 0 Å². The third-order valence-corrected chi connectivity index (χ3v) is 9.36. The van der Waals surface area contributed by atoms with Gasteiger partial charge in [0.2, 0.25) is 0 Å². The smallest absolute Gasteiger partial charge is 0.00990 e. The Labute approximate surface area is 268 Å². The van der Waals surface area contributed by atoms with E-state index >= 15 is 0 Å². The van der Waals surface area contributed by atoms with Gasteiger partial charge in [-0.2, -0.15) is 0 Å². The third kappa shape index (κ3) is 4.72. The molecule has 9 aromatic carbocycles. The molecule has 9 rings (SSSR count). The Morgan fingerprint density at radius 3 is 0.804 bits per heavy atom. The second kappa shape index (κ2) is 10.9. The van der Waals surface area contributed by atoms with E-state index in [-0.39, 0.29) is 0 Å². The first kappa shape index (κ1) is 26.4. The molecule has 0 atom stereocenters. The van der Waals surface area contributed by atoms with Crippen molar-refractivity contribution >= 4 is 43.1 Å². The maximum absolute atomic E-state index is 2.39. The summed E-state index contributed by atoms with van der Waals surface area (Å²) < 4.78 is 0. The molecule has 0 saturated heterocycles. The molecule has 9 aromatic rings. The molecule has 0 aliphatic heterocycles. The van der Waals surface area contributed by atoms with E-state index in [0.29, 0.717) is 0 Å². The normalized spacial score (nSPS) is 11.5. The highest BCUT2D eigenvalue weighted by molar-refractivity contribution is 6.09. The zero-order valence-corrected chi connectivity index (χ0v) is 25.3. The van der Waals surface area contributed by atoms with Gasteiger partial charge in [0.1, 0.15) is 0 Å². The van der Waals surface area contributed by atoms with Crippen LogP contribution in [0.5, 0.6) is 0 Å². The number of fused-ring (bicyclic) bond motifs is 4. The van der Waals surface area contributed by atoms with Gasteiger partial charge >= 0.3 is 0 Å². The highest BCUT2D eigenvalue weighted by atomic mass is 14.2. The molecule has 0 nitrogen and oxygen atoms in total. The standard InChI is InChI=1S/C46H30/c1-3-9-31(10-4-1)33-15-19-35(20-16-33)45-29-43-27-41-25-39-23-37-13-7-8-14-38(37)24-40(39)26-42(41)28-44(43)30-46(45)36-21-17-34(18-22-36)32-11-5-2-6-12-32/h1-30H. The maximum atomic E-state index is 2.39. The summed E-state index contributed by atoms with van der Waals surface area (Å²) in [5.74, 6) is 0. The first-order chi connectivity index (χ1) is 22.7. The van der Waals surface area contributed by atoms with Crippen molar-refractivity contribution in [2.75, 3.05) is 0 Å². The molecule has 0 aliphatic rings. The van der Waals surface area contributed by atoms with E-state index in [1.165, 1.54) is 87.6 Å². The van der Waals surface area contributed by atoms with Crippen LogP contribution in [0.4, 0.5) is 0 Å². The van der Waals surface area contributed by atoms with E-state index in [9.17, 15) is 0 Å². The molecule has 214 valence electrons. The second-order valence-corrected chi connectivity index (χ2v) is 12.2. The second-order valence-electron chi connectivity index (χ2n) is 12.2. The molecule has 0 bridgehead atoms. The molecular weight excluding hydrogens is 553 g/mol. The topological polar surface area (TPSA) is 0 Å². The van der Waals surface area contributed by atoms with E-state index in [1.807, 2.05) is 0 Å². The van der Waals surface area contributed by atoms with Crippen molar-refractivity contribution < 1.29 is 0 Å². The van der Waals surface area contributed by atoms with Gasteiger partial charge in [0.15, 0.2) is 0 Å². The molecule has 0 fully saturated rings. The Morgan fingerprint density at radius 1 is 0.174 bits per heavy atom. The van der Waals surface area contributed by atoms with Gasteiger partial charge < -0.3 is 0 Å². The fraction of sp³-hybridized carbons (Fsp3) is 0. The van der Waals surface area contributed by atoms with Crippen LogP contribution in [0.15, 0.2) is 182 Å². The molecule has 46 heavy (non-hydrogen) atoms. The van der Waals surface area contributed by atoms with Crippen molar-refractivity contribution in [3.05, 3.63) is 182 Å². The Bertz CT molecular complexity index is 2340. The molecule has 0 spiro atoms. The predicted molar refractivity (Wildman–Crippen MR) is 198 cm³/mol. The minimum atomic E-state index is 1.22. The minimum Gasteiger partial charge on any atom is -0.0622 e. The highest BCUT2D eigenvalue weighted by Crippen LogP contribution is 2.39. The van der Waals surface area contributed by atoms with Gasteiger partial charge in [-0.15, -0.1) is 0 Å². The molecular formula is C46H30. The fourth-order valence-electron chi connectivity index (χ4n) is 6.92. The van der Waals surface area contributed by atoms with Crippen LogP contribution in [-0.2, 0) is 0 Å². The summed E-state index contributed by atoms with van der Waals surface area (Å²) >= 11 is 0. The van der Waals surface area contributed by atoms with Crippen LogP contribution < -0.4 is 0 Å². The average molecular weight is 583 g/mol. The van der Waals surface area contributed by atoms with Gasteiger partial charge in [-0.25, -0.2) is 0 Å². The molecule has 0 aliphatic carbocycles. The largest absolute Gasteiger partial charge is 0.0622 e. The summed E-state index contributed by atoms with van der Waals surface area (Å²) in [6, 6.07) is 66.7. The Morgan fingerprint density at radius 2 is 0.435 bits per heavy atom. The van der Waals surface area contributed by atoms with Crippen molar-refractivity contribution in [3.8, 4) is 44.5 Å². The predicted octanol–water partition coefficient (Wildman–Crippen LogP) is 13.0. The third-order valence-electron chi connectivity index (χ3n) is 9.36. The van der Waals surface area contributed by atoms with E-state index in [4.69, 9.17) is 0 Å². The van der Waals surface area contributed by atoms with Crippen LogP contribution in [0.25, 0.3) is 87.6 Å². The first-order valence-corrected chi connectivity index (χ1v) is 15.9. The van der Waals surface area contributed by atoms with Crippen molar-refractivity contribution in [1.29, 1.82) is 0 Å². The highest BCUT2D eigenvalue weighted by Gasteiger charge is 2.13. The van der Waals surface area contributed by atoms with Crippen molar-refractivity contribution in [1.82, 2.24) is 0 Å². The summed E-state index contributed by atoms with van der Waals surface area (Å²) in [4.78, 5) is 0. The molecule has 0 amide bonds. The van der Waals surface area contributed by atoms with Gasteiger partial charge in [0, 0.05) is 0 Å². The lowest BCUT2D eigenvalue weighted by Crippen LogP contribution is -1.89. The van der Waals surface area contributed by atoms with Gasteiger partial charge in [0.05, 0.1) is 0 Å². The summed E-state index contributed by atoms with van der Waals surface area (Å²) in [5.41, 5.74) is 9.83. The average Bonchev–Trinajstić information content (AvgIpc) is 3.12. The van der Waals surface area contributed by atoms with Crippen molar-refractivity contribution in [2.45, 2.75) is 0 Å². The number of hydrogen-bond donors (Lipinski definition) is 0. The summed E-state index contributed by atoms with van der Waals surface area (Å²) in [5, 5.41) is 10.1. The fourth-order valence-corrected chi connectivity index (χ4v) is 6.92. The Kier molecular flexibility index (Phi) is 6.25. The Hall–Kier alpha value is -5.98. The summed E-state index contributed by atoms with van der Waals surface area (Å²) in [7, 11) is 0. The molecule has 0 heterocycles. The summed E-state index contributed by atoms with van der Waals surface area (Å²) in [6.07, 6.45) is 0.